The van der Waals surface area contributed by atoms with Crippen molar-refractivity contribution in [3.8, 4) is 5.75 Å². The van der Waals surface area contributed by atoms with Gasteiger partial charge >= 0.3 is 5.97 Å². The molecule has 0 atom stereocenters. The number of hydrogen-bond acceptors (Lipinski definition) is 3. The van der Waals surface area contributed by atoms with Crippen LogP contribution in [-0.4, -0.2) is 24.8 Å². The highest BCUT2D eigenvalue weighted by Gasteiger charge is 2.03. The number of carbonyl (C=O) groups is 1. The number of benzene rings is 1. The van der Waals surface area contributed by atoms with Crippen LogP contribution in [0.2, 0.25) is 0 Å². The average molecular weight is 236 g/mol. The maximum absolute atomic E-state index is 10.4. The first-order valence-electron chi connectivity index (χ1n) is 5.33. The first-order valence-corrected chi connectivity index (χ1v) is 5.33. The lowest BCUT2D eigenvalue weighted by Gasteiger charge is -2.09. The Hall–Kier alpha value is -1.81. The minimum Gasteiger partial charge on any atom is -0.496 e. The summed E-state index contributed by atoms with van der Waals surface area (Å²) in [6.45, 7) is 2.99. The molecule has 92 valence electrons. The van der Waals surface area contributed by atoms with Gasteiger partial charge in [-0.3, -0.25) is 0 Å². The molecular weight excluding hydrogens is 220 g/mol. The van der Waals surface area contributed by atoms with E-state index in [1.807, 2.05) is 13.0 Å². The molecule has 0 saturated heterocycles. The first kappa shape index (κ1) is 13.3. The fourth-order valence-corrected chi connectivity index (χ4v) is 1.39. The van der Waals surface area contributed by atoms with Gasteiger partial charge in [0.2, 0.25) is 0 Å². The lowest BCUT2D eigenvalue weighted by atomic mass is 10.1. The zero-order chi connectivity index (χ0) is 12.7. The summed E-state index contributed by atoms with van der Waals surface area (Å²) in [7, 11) is 1.59. The highest BCUT2D eigenvalue weighted by atomic mass is 16.5. The standard InChI is InChI=1S/C13H16O4/c1-3-17-9-11-8-10(5-7-13(14)15)4-6-12(11)16-2/h4-8H,3,9H2,1-2H3,(H,14,15). The second-order valence-corrected chi connectivity index (χ2v) is 3.38. The molecule has 1 aromatic carbocycles. The predicted octanol–water partition coefficient (Wildman–Crippen LogP) is 2.33. The van der Waals surface area contributed by atoms with Crippen molar-refractivity contribution >= 4 is 12.0 Å². The van der Waals surface area contributed by atoms with Gasteiger partial charge in [0.15, 0.2) is 0 Å². The van der Waals surface area contributed by atoms with Gasteiger partial charge in [-0.05, 0) is 30.7 Å². The molecule has 17 heavy (non-hydrogen) atoms. The second-order valence-electron chi connectivity index (χ2n) is 3.38. The van der Waals surface area contributed by atoms with Crippen molar-refractivity contribution in [1.29, 1.82) is 0 Å². The normalized spacial score (nSPS) is 10.7. The molecule has 4 nitrogen and oxygen atoms in total. The van der Waals surface area contributed by atoms with Crippen molar-refractivity contribution in [2.24, 2.45) is 0 Å². The lowest BCUT2D eigenvalue weighted by molar-refractivity contribution is -0.131. The van der Waals surface area contributed by atoms with E-state index in [0.717, 1.165) is 23.0 Å². The van der Waals surface area contributed by atoms with Gasteiger partial charge in [-0.2, -0.15) is 0 Å². The topological polar surface area (TPSA) is 55.8 Å². The number of carboxylic acid groups (broad SMARTS) is 1. The van der Waals surface area contributed by atoms with Crippen LogP contribution < -0.4 is 4.74 Å². The Labute approximate surface area is 100 Å². The Balaban J connectivity index is 2.91. The Morgan fingerprint density at radius 3 is 2.82 bits per heavy atom. The van der Waals surface area contributed by atoms with E-state index in [0.29, 0.717) is 13.2 Å². The van der Waals surface area contributed by atoms with Crippen molar-refractivity contribution in [2.45, 2.75) is 13.5 Å². The maximum atomic E-state index is 10.4. The highest BCUT2D eigenvalue weighted by molar-refractivity contribution is 5.85. The number of ether oxygens (including phenoxy) is 2. The van der Waals surface area contributed by atoms with Crippen LogP contribution in [0.3, 0.4) is 0 Å². The summed E-state index contributed by atoms with van der Waals surface area (Å²) in [6, 6.07) is 5.46. The highest BCUT2D eigenvalue weighted by Crippen LogP contribution is 2.21. The Morgan fingerprint density at radius 2 is 2.24 bits per heavy atom. The van der Waals surface area contributed by atoms with Crippen molar-refractivity contribution in [3.05, 3.63) is 35.4 Å². The molecule has 1 aromatic rings. The Morgan fingerprint density at radius 1 is 1.47 bits per heavy atom. The summed E-state index contributed by atoms with van der Waals surface area (Å²) in [5, 5.41) is 8.55. The van der Waals surface area contributed by atoms with Gasteiger partial charge in [0.1, 0.15) is 5.75 Å². The molecule has 0 unspecified atom stereocenters. The molecule has 0 radical (unpaired) electrons. The van der Waals surface area contributed by atoms with Gasteiger partial charge in [0, 0.05) is 18.2 Å². The average Bonchev–Trinajstić information content (AvgIpc) is 2.33. The molecule has 0 aliphatic rings. The monoisotopic (exact) mass is 236 g/mol. The molecular formula is C13H16O4. The zero-order valence-corrected chi connectivity index (χ0v) is 9.97. The van der Waals surface area contributed by atoms with Gasteiger partial charge in [-0.15, -0.1) is 0 Å². The number of aliphatic carboxylic acids is 1. The fourth-order valence-electron chi connectivity index (χ4n) is 1.39. The SMILES string of the molecule is CCOCc1cc(C=CC(=O)O)ccc1OC. The van der Waals surface area contributed by atoms with Crippen molar-refractivity contribution in [1.82, 2.24) is 0 Å². The fraction of sp³-hybridized carbons (Fsp3) is 0.308. The third kappa shape index (κ3) is 4.28. The molecule has 1 rings (SSSR count). The zero-order valence-electron chi connectivity index (χ0n) is 9.97. The van der Waals surface area contributed by atoms with Gasteiger partial charge in [-0.25, -0.2) is 4.79 Å². The van der Waals surface area contributed by atoms with Crippen LogP contribution in [0.5, 0.6) is 5.75 Å². The van der Waals surface area contributed by atoms with Crippen LogP contribution in [0.15, 0.2) is 24.3 Å². The summed E-state index contributed by atoms with van der Waals surface area (Å²) in [4.78, 5) is 10.4. The van der Waals surface area contributed by atoms with E-state index in [1.165, 1.54) is 6.08 Å². The predicted molar refractivity (Wildman–Crippen MR) is 65.0 cm³/mol. The summed E-state index contributed by atoms with van der Waals surface area (Å²) >= 11 is 0. The minimum atomic E-state index is -0.966. The van der Waals surface area contributed by atoms with Crippen molar-refractivity contribution in [2.75, 3.05) is 13.7 Å². The Bertz CT molecular complexity index is 410. The number of methoxy groups -OCH3 is 1. The molecule has 0 saturated carbocycles. The summed E-state index contributed by atoms with van der Waals surface area (Å²) in [5.41, 5.74) is 1.71. The van der Waals surface area contributed by atoms with E-state index in [-0.39, 0.29) is 0 Å². The van der Waals surface area contributed by atoms with Crippen LogP contribution in [0.25, 0.3) is 6.08 Å². The maximum Gasteiger partial charge on any atom is 0.328 e. The summed E-state index contributed by atoms with van der Waals surface area (Å²) in [5.74, 6) is -0.224. The molecule has 0 spiro atoms. The largest absolute Gasteiger partial charge is 0.496 e. The van der Waals surface area contributed by atoms with Crippen LogP contribution in [0.4, 0.5) is 0 Å². The van der Waals surface area contributed by atoms with Gasteiger partial charge in [0.05, 0.1) is 13.7 Å². The molecule has 4 heteroatoms. The lowest BCUT2D eigenvalue weighted by Crippen LogP contribution is -1.97. The smallest absolute Gasteiger partial charge is 0.328 e. The van der Waals surface area contributed by atoms with Crippen LogP contribution in [0, 0.1) is 0 Å². The van der Waals surface area contributed by atoms with Gasteiger partial charge in [-0.1, -0.05) is 6.07 Å². The van der Waals surface area contributed by atoms with Crippen LogP contribution >= 0.6 is 0 Å². The molecule has 0 heterocycles. The van der Waals surface area contributed by atoms with Crippen LogP contribution in [0.1, 0.15) is 18.1 Å². The Kier molecular flexibility index (Phi) is 5.23. The van der Waals surface area contributed by atoms with Crippen LogP contribution in [-0.2, 0) is 16.1 Å². The molecule has 0 aromatic heterocycles. The van der Waals surface area contributed by atoms with E-state index in [9.17, 15) is 4.79 Å². The minimum absolute atomic E-state index is 0.453. The third-order valence-corrected chi connectivity index (χ3v) is 2.18. The molecule has 0 aliphatic carbocycles. The summed E-state index contributed by atoms with van der Waals surface area (Å²) < 4.78 is 10.5. The second kappa shape index (κ2) is 6.70. The third-order valence-electron chi connectivity index (χ3n) is 2.18. The summed E-state index contributed by atoms with van der Waals surface area (Å²) in [6.07, 6.45) is 2.64. The molecule has 1 N–H and O–H groups in total. The molecule has 0 amide bonds. The number of hydrogen-bond donors (Lipinski definition) is 1. The number of carboxylic acids is 1. The molecule has 0 fully saturated rings. The van der Waals surface area contributed by atoms with Crippen molar-refractivity contribution < 1.29 is 19.4 Å². The van der Waals surface area contributed by atoms with E-state index in [2.05, 4.69) is 0 Å². The van der Waals surface area contributed by atoms with Crippen molar-refractivity contribution in [3.63, 3.8) is 0 Å². The molecule has 0 bridgehead atoms. The quantitative estimate of drug-likeness (QED) is 0.770. The first-order chi connectivity index (χ1) is 8.17. The van der Waals surface area contributed by atoms with E-state index < -0.39 is 5.97 Å². The van der Waals surface area contributed by atoms with E-state index >= 15 is 0 Å². The van der Waals surface area contributed by atoms with Gasteiger partial charge in [0.25, 0.3) is 0 Å². The van der Waals surface area contributed by atoms with Gasteiger partial charge < -0.3 is 14.6 Å². The molecule has 0 aliphatic heterocycles. The van der Waals surface area contributed by atoms with E-state index in [1.54, 1.807) is 19.2 Å². The number of rotatable bonds is 6. The van der Waals surface area contributed by atoms with E-state index in [4.69, 9.17) is 14.6 Å².